The van der Waals surface area contributed by atoms with Crippen LogP contribution in [0.4, 0.5) is 5.82 Å². The zero-order chi connectivity index (χ0) is 19.9. The van der Waals surface area contributed by atoms with E-state index in [2.05, 4.69) is 38.8 Å². The Kier molecular flexibility index (Phi) is 7.23. The van der Waals surface area contributed by atoms with Crippen molar-refractivity contribution in [2.24, 2.45) is 0 Å². The lowest BCUT2D eigenvalue weighted by molar-refractivity contribution is 0.232. The van der Waals surface area contributed by atoms with Gasteiger partial charge in [0.2, 0.25) is 0 Å². The maximum atomic E-state index is 6.27. The van der Waals surface area contributed by atoms with Crippen molar-refractivity contribution in [2.75, 3.05) is 38.5 Å². The lowest BCUT2D eigenvalue weighted by Gasteiger charge is -2.27. The summed E-state index contributed by atoms with van der Waals surface area (Å²) in [6.45, 7) is 12.6. The smallest absolute Gasteiger partial charge is 0.152 e. The molecule has 3 heterocycles. The Balaban J connectivity index is 0.00000109. The Bertz CT molecular complexity index is 895. The molecule has 0 amide bonds. The number of pyridine rings is 1. The summed E-state index contributed by atoms with van der Waals surface area (Å²) in [5.74, 6) is 1.68. The van der Waals surface area contributed by atoms with Crippen LogP contribution < -0.4 is 11.1 Å². The molecule has 1 aliphatic heterocycles. The molecule has 28 heavy (non-hydrogen) atoms. The van der Waals surface area contributed by atoms with E-state index in [9.17, 15) is 0 Å². The molecule has 152 valence electrons. The number of hydrogen-bond donors (Lipinski definition) is 2. The predicted molar refractivity (Wildman–Crippen MR) is 119 cm³/mol. The van der Waals surface area contributed by atoms with Gasteiger partial charge < -0.3 is 15.6 Å². The van der Waals surface area contributed by atoms with Gasteiger partial charge in [-0.05, 0) is 12.5 Å². The molecule has 1 fully saturated rings. The average molecular weight is 383 g/mol. The molecular weight excluding hydrogens is 348 g/mol. The number of nitrogens with two attached hydrogens (primary N) is 1. The highest BCUT2D eigenvalue weighted by atomic mass is 15.2. The molecule has 0 atom stereocenters. The molecule has 0 bridgehead atoms. The van der Waals surface area contributed by atoms with Crippen LogP contribution in [0.25, 0.3) is 21.9 Å². The fourth-order valence-corrected chi connectivity index (χ4v) is 3.85. The molecule has 1 aliphatic rings. The van der Waals surface area contributed by atoms with Crippen LogP contribution in [0.2, 0.25) is 0 Å². The van der Waals surface area contributed by atoms with Crippen molar-refractivity contribution >= 4 is 27.8 Å². The van der Waals surface area contributed by atoms with Gasteiger partial charge in [0.25, 0.3) is 0 Å². The first-order valence-electron chi connectivity index (χ1n) is 10.7. The number of para-hydroxylation sites is 1. The number of piperazine rings is 1. The Morgan fingerprint density at radius 1 is 1.07 bits per heavy atom. The number of nitrogens with one attached hydrogen (secondary N) is 1. The number of rotatable bonds is 6. The van der Waals surface area contributed by atoms with Gasteiger partial charge in [-0.1, -0.05) is 45.4 Å². The second kappa shape index (κ2) is 9.85. The topological polar surface area (TPSA) is 72.0 Å². The van der Waals surface area contributed by atoms with Crippen LogP contribution >= 0.6 is 0 Å². The maximum Gasteiger partial charge on any atom is 0.152 e. The molecule has 0 saturated carbocycles. The van der Waals surface area contributed by atoms with Crippen LogP contribution in [0.3, 0.4) is 0 Å². The quantitative estimate of drug-likeness (QED) is 0.683. The van der Waals surface area contributed by atoms with E-state index in [1.54, 1.807) is 0 Å². The summed E-state index contributed by atoms with van der Waals surface area (Å²) in [7, 11) is 0. The third kappa shape index (κ3) is 4.28. The first-order chi connectivity index (χ1) is 13.8. The number of aromatic nitrogens is 3. The van der Waals surface area contributed by atoms with Gasteiger partial charge in [0.15, 0.2) is 5.82 Å². The third-order valence-corrected chi connectivity index (χ3v) is 5.29. The van der Waals surface area contributed by atoms with Crippen LogP contribution in [0.15, 0.2) is 24.3 Å². The van der Waals surface area contributed by atoms with Crippen molar-refractivity contribution in [2.45, 2.75) is 46.6 Å². The molecule has 0 spiro atoms. The van der Waals surface area contributed by atoms with Gasteiger partial charge in [-0.2, -0.15) is 0 Å². The van der Waals surface area contributed by atoms with Gasteiger partial charge in [0.1, 0.15) is 11.3 Å². The second-order valence-corrected chi connectivity index (χ2v) is 7.09. The summed E-state index contributed by atoms with van der Waals surface area (Å²) >= 11 is 0. The summed E-state index contributed by atoms with van der Waals surface area (Å²) in [4.78, 5) is 12.0. The number of fused-ring (bicyclic) bond motifs is 3. The summed E-state index contributed by atoms with van der Waals surface area (Å²) < 4.78 is 2.40. The lowest BCUT2D eigenvalue weighted by Crippen LogP contribution is -2.44. The minimum absolute atomic E-state index is 0.539. The number of unbranched alkanes of at least 4 members (excludes halogenated alkanes) is 1. The SMILES string of the molecule is CC.CCCCc1nc2c(N)nc3ccccc3c2n1CCN1CCNCC1. The number of benzene rings is 1. The summed E-state index contributed by atoms with van der Waals surface area (Å²) in [5, 5.41) is 4.57. The summed E-state index contributed by atoms with van der Waals surface area (Å²) in [6, 6.07) is 8.25. The van der Waals surface area contributed by atoms with Gasteiger partial charge in [-0.25, -0.2) is 9.97 Å². The lowest BCUT2D eigenvalue weighted by atomic mass is 10.2. The fraction of sp³-hybridized carbons (Fsp3) is 0.545. The van der Waals surface area contributed by atoms with Gasteiger partial charge in [0.05, 0.1) is 11.0 Å². The van der Waals surface area contributed by atoms with Crippen molar-refractivity contribution in [1.29, 1.82) is 0 Å². The van der Waals surface area contributed by atoms with E-state index < -0.39 is 0 Å². The van der Waals surface area contributed by atoms with E-state index in [0.29, 0.717) is 5.82 Å². The van der Waals surface area contributed by atoms with Gasteiger partial charge in [0, 0.05) is 51.1 Å². The zero-order valence-electron chi connectivity index (χ0n) is 17.5. The van der Waals surface area contributed by atoms with Crippen LogP contribution in [0.5, 0.6) is 0 Å². The molecule has 0 aliphatic carbocycles. The van der Waals surface area contributed by atoms with Gasteiger partial charge in [-0.3, -0.25) is 4.90 Å². The fourth-order valence-electron chi connectivity index (χ4n) is 3.85. The molecule has 1 saturated heterocycles. The number of imidazole rings is 1. The molecule has 0 radical (unpaired) electrons. The first-order valence-corrected chi connectivity index (χ1v) is 10.7. The number of nitrogens with zero attached hydrogens (tertiary/aromatic N) is 4. The van der Waals surface area contributed by atoms with Crippen molar-refractivity contribution in [1.82, 2.24) is 24.8 Å². The van der Waals surface area contributed by atoms with Crippen LogP contribution in [0.1, 0.15) is 39.4 Å². The van der Waals surface area contributed by atoms with Crippen LogP contribution in [0, 0.1) is 0 Å². The first kappa shape index (κ1) is 20.6. The molecule has 4 rings (SSSR count). The minimum atomic E-state index is 0.539. The van der Waals surface area contributed by atoms with Gasteiger partial charge >= 0.3 is 0 Å². The van der Waals surface area contributed by atoms with Crippen molar-refractivity contribution in [3.8, 4) is 0 Å². The van der Waals surface area contributed by atoms with Crippen LogP contribution in [-0.2, 0) is 13.0 Å². The predicted octanol–water partition coefficient (Wildman–Crippen LogP) is 3.44. The van der Waals surface area contributed by atoms with Crippen molar-refractivity contribution < 1.29 is 0 Å². The molecule has 0 unspecified atom stereocenters. The molecule has 3 N–H and O–H groups in total. The largest absolute Gasteiger partial charge is 0.382 e. The Labute approximate surface area is 168 Å². The average Bonchev–Trinajstić information content (AvgIpc) is 3.12. The summed E-state index contributed by atoms with van der Waals surface area (Å²) in [6.07, 6.45) is 3.29. The third-order valence-electron chi connectivity index (χ3n) is 5.29. The molecular formula is C22H34N6. The van der Waals surface area contributed by atoms with E-state index in [1.165, 1.54) is 0 Å². The second-order valence-electron chi connectivity index (χ2n) is 7.09. The van der Waals surface area contributed by atoms with Crippen molar-refractivity contribution in [3.63, 3.8) is 0 Å². The normalized spacial score (nSPS) is 15.0. The number of hydrogen-bond acceptors (Lipinski definition) is 5. The highest BCUT2D eigenvalue weighted by Gasteiger charge is 2.18. The molecule has 6 heteroatoms. The zero-order valence-corrected chi connectivity index (χ0v) is 17.5. The van der Waals surface area contributed by atoms with E-state index in [4.69, 9.17) is 10.7 Å². The van der Waals surface area contributed by atoms with E-state index in [1.807, 2.05) is 26.0 Å². The van der Waals surface area contributed by atoms with E-state index >= 15 is 0 Å². The number of nitrogen functional groups attached to an aromatic ring is 1. The Hall–Kier alpha value is -2.18. The molecule has 3 aromatic rings. The number of anilines is 1. The Morgan fingerprint density at radius 2 is 1.82 bits per heavy atom. The minimum Gasteiger partial charge on any atom is -0.382 e. The van der Waals surface area contributed by atoms with E-state index in [-0.39, 0.29) is 0 Å². The molecule has 6 nitrogen and oxygen atoms in total. The van der Waals surface area contributed by atoms with Gasteiger partial charge in [-0.15, -0.1) is 0 Å². The van der Waals surface area contributed by atoms with Crippen molar-refractivity contribution in [3.05, 3.63) is 30.1 Å². The molecule has 1 aromatic carbocycles. The standard InChI is InChI=1S/C20H28N6.C2H6/c1-2-3-8-17-24-18-19(15-6-4-5-7-16(15)23-20(18)21)26(17)14-13-25-11-9-22-10-12-25;1-2/h4-7,22H,2-3,8-14H2,1H3,(H2,21,23);1-2H3. The Morgan fingerprint density at radius 3 is 2.57 bits per heavy atom. The maximum absolute atomic E-state index is 6.27. The summed E-state index contributed by atoms with van der Waals surface area (Å²) in [5.41, 5.74) is 9.22. The number of aryl methyl sites for hydroxylation is 1. The highest BCUT2D eigenvalue weighted by Crippen LogP contribution is 2.29. The van der Waals surface area contributed by atoms with Crippen LogP contribution in [-0.4, -0.2) is 52.2 Å². The molecule has 2 aromatic heterocycles. The monoisotopic (exact) mass is 382 g/mol. The highest BCUT2D eigenvalue weighted by molar-refractivity contribution is 6.06. The van der Waals surface area contributed by atoms with E-state index in [0.717, 1.165) is 86.3 Å².